The first-order valence-electron chi connectivity index (χ1n) is 7.50. The highest BCUT2D eigenvalue weighted by atomic mass is 16.5. The predicted octanol–water partition coefficient (Wildman–Crippen LogP) is 2.93. The smallest absolute Gasteiger partial charge is 0.137 e. The third-order valence-corrected chi connectivity index (χ3v) is 3.12. The average Bonchev–Trinajstić information content (AvgIpc) is 2.48. The number of nitriles is 1. The summed E-state index contributed by atoms with van der Waals surface area (Å²) >= 11 is 0. The topological polar surface area (TPSA) is 45.5 Å². The highest BCUT2D eigenvalue weighted by Crippen LogP contribution is 2.16. The van der Waals surface area contributed by atoms with Gasteiger partial charge in [-0.2, -0.15) is 5.26 Å². The quantitative estimate of drug-likeness (QED) is 0.622. The molecule has 0 aliphatic rings. The number of hydrogen-bond acceptors (Lipinski definition) is 4. The van der Waals surface area contributed by atoms with Crippen molar-refractivity contribution in [2.75, 3.05) is 40.0 Å². The lowest BCUT2D eigenvalue weighted by atomic mass is 10.2. The summed E-state index contributed by atoms with van der Waals surface area (Å²) in [6, 6.07) is 9.50. The second kappa shape index (κ2) is 10.2. The fourth-order valence-electron chi connectivity index (χ4n) is 2.19. The zero-order valence-corrected chi connectivity index (χ0v) is 13.3. The van der Waals surface area contributed by atoms with E-state index >= 15 is 0 Å². The Labute approximate surface area is 128 Å². The van der Waals surface area contributed by atoms with Gasteiger partial charge in [-0.3, -0.25) is 0 Å². The third kappa shape index (κ3) is 7.12. The number of hydrogen-bond donors (Lipinski definition) is 0. The van der Waals surface area contributed by atoms with Crippen LogP contribution in [0.2, 0.25) is 0 Å². The molecule has 0 heterocycles. The minimum absolute atomic E-state index is 0.593. The first-order valence-corrected chi connectivity index (χ1v) is 7.50. The Hall–Kier alpha value is -1.57. The molecule has 1 rings (SSSR count). The van der Waals surface area contributed by atoms with Gasteiger partial charge in [-0.1, -0.05) is 26.0 Å². The van der Waals surface area contributed by atoms with Crippen LogP contribution in [0.3, 0.4) is 0 Å². The molecule has 0 fully saturated rings. The van der Waals surface area contributed by atoms with Crippen LogP contribution >= 0.6 is 0 Å². The Balaban J connectivity index is 2.35. The van der Waals surface area contributed by atoms with E-state index in [0.717, 1.165) is 32.7 Å². The molecule has 1 aromatic carbocycles. The van der Waals surface area contributed by atoms with Gasteiger partial charge >= 0.3 is 0 Å². The van der Waals surface area contributed by atoms with Crippen molar-refractivity contribution in [2.24, 2.45) is 5.92 Å². The van der Waals surface area contributed by atoms with E-state index in [2.05, 4.69) is 24.8 Å². The molecule has 116 valence electrons. The van der Waals surface area contributed by atoms with Crippen LogP contribution in [-0.2, 0) is 4.74 Å². The molecule has 21 heavy (non-hydrogen) atoms. The first kappa shape index (κ1) is 17.5. The molecule has 0 aromatic heterocycles. The van der Waals surface area contributed by atoms with Gasteiger partial charge in [-0.05, 0) is 24.5 Å². The van der Waals surface area contributed by atoms with Gasteiger partial charge in [0.1, 0.15) is 11.8 Å². The second-order valence-corrected chi connectivity index (χ2v) is 5.50. The first-order chi connectivity index (χ1) is 10.2. The van der Waals surface area contributed by atoms with Crippen LogP contribution in [0, 0.1) is 17.2 Å². The summed E-state index contributed by atoms with van der Waals surface area (Å²) in [4.78, 5) is 2.40. The van der Waals surface area contributed by atoms with E-state index in [9.17, 15) is 0 Å². The molecule has 0 spiro atoms. The molecule has 0 unspecified atom stereocenters. The van der Waals surface area contributed by atoms with E-state index in [1.165, 1.54) is 0 Å². The molecule has 1 aromatic rings. The molecule has 0 atom stereocenters. The molecule has 0 radical (unpaired) electrons. The summed E-state index contributed by atoms with van der Waals surface area (Å²) < 4.78 is 10.9. The molecule has 0 aliphatic heterocycles. The van der Waals surface area contributed by atoms with Crippen LogP contribution in [0.15, 0.2) is 24.3 Å². The normalized spacial score (nSPS) is 10.9. The predicted molar refractivity (Wildman–Crippen MR) is 84.4 cm³/mol. The van der Waals surface area contributed by atoms with E-state index in [4.69, 9.17) is 14.7 Å². The van der Waals surface area contributed by atoms with E-state index < -0.39 is 0 Å². The summed E-state index contributed by atoms with van der Waals surface area (Å²) in [5.74, 6) is 1.31. The maximum atomic E-state index is 9.01. The van der Waals surface area contributed by atoms with Gasteiger partial charge in [0.2, 0.25) is 0 Å². The number of nitrogens with zero attached hydrogens (tertiary/aromatic N) is 2. The van der Waals surface area contributed by atoms with Crippen molar-refractivity contribution in [2.45, 2.75) is 20.3 Å². The van der Waals surface area contributed by atoms with E-state index in [1.807, 2.05) is 18.2 Å². The molecule has 0 amide bonds. The Bertz CT molecular complexity index is 441. The molecule has 0 bridgehead atoms. The molecule has 0 saturated carbocycles. The van der Waals surface area contributed by atoms with Crippen molar-refractivity contribution in [3.05, 3.63) is 29.8 Å². The number of para-hydroxylation sites is 1. The zero-order valence-electron chi connectivity index (χ0n) is 13.3. The SMILES string of the molecule is COCCN(CCCOc1ccccc1C#N)CC(C)C. The van der Waals surface area contributed by atoms with Crippen LogP contribution in [0.4, 0.5) is 0 Å². The van der Waals surface area contributed by atoms with Crippen LogP contribution in [-0.4, -0.2) is 44.9 Å². The number of rotatable bonds is 10. The number of benzene rings is 1. The fourth-order valence-corrected chi connectivity index (χ4v) is 2.19. The van der Waals surface area contributed by atoms with E-state index in [-0.39, 0.29) is 0 Å². The number of ether oxygens (including phenoxy) is 2. The van der Waals surface area contributed by atoms with Gasteiger partial charge in [0.05, 0.1) is 18.8 Å². The van der Waals surface area contributed by atoms with Crippen LogP contribution < -0.4 is 4.74 Å². The van der Waals surface area contributed by atoms with Gasteiger partial charge in [0.25, 0.3) is 0 Å². The largest absolute Gasteiger partial charge is 0.492 e. The lowest BCUT2D eigenvalue weighted by molar-refractivity contribution is 0.135. The highest BCUT2D eigenvalue weighted by molar-refractivity contribution is 5.42. The van der Waals surface area contributed by atoms with Crippen LogP contribution in [0.1, 0.15) is 25.8 Å². The zero-order chi connectivity index (χ0) is 15.5. The minimum Gasteiger partial charge on any atom is -0.492 e. The Morgan fingerprint density at radius 2 is 1.95 bits per heavy atom. The Kier molecular flexibility index (Phi) is 8.49. The summed E-state index contributed by atoms with van der Waals surface area (Å²) in [5.41, 5.74) is 0.593. The van der Waals surface area contributed by atoms with Crippen molar-refractivity contribution in [3.8, 4) is 11.8 Å². The lowest BCUT2D eigenvalue weighted by Gasteiger charge is -2.23. The summed E-state index contributed by atoms with van der Waals surface area (Å²) in [7, 11) is 1.73. The van der Waals surface area contributed by atoms with Gasteiger partial charge < -0.3 is 14.4 Å². The molecule has 0 aliphatic carbocycles. The molecule has 4 nitrogen and oxygen atoms in total. The van der Waals surface area contributed by atoms with Crippen molar-refractivity contribution >= 4 is 0 Å². The van der Waals surface area contributed by atoms with E-state index in [1.54, 1.807) is 13.2 Å². The summed E-state index contributed by atoms with van der Waals surface area (Å²) in [5, 5.41) is 9.01. The maximum Gasteiger partial charge on any atom is 0.137 e. The summed E-state index contributed by atoms with van der Waals surface area (Å²) in [6.45, 7) is 8.82. The summed E-state index contributed by atoms with van der Waals surface area (Å²) in [6.07, 6.45) is 0.941. The Morgan fingerprint density at radius 3 is 2.62 bits per heavy atom. The van der Waals surface area contributed by atoms with Crippen LogP contribution in [0.25, 0.3) is 0 Å². The number of methoxy groups -OCH3 is 1. The monoisotopic (exact) mass is 290 g/mol. The van der Waals surface area contributed by atoms with Gasteiger partial charge in [-0.25, -0.2) is 0 Å². The minimum atomic E-state index is 0.593. The van der Waals surface area contributed by atoms with Crippen molar-refractivity contribution in [1.29, 1.82) is 5.26 Å². The van der Waals surface area contributed by atoms with Gasteiger partial charge in [0.15, 0.2) is 0 Å². The highest BCUT2D eigenvalue weighted by Gasteiger charge is 2.07. The van der Waals surface area contributed by atoms with Crippen molar-refractivity contribution in [3.63, 3.8) is 0 Å². The van der Waals surface area contributed by atoms with Crippen LogP contribution in [0.5, 0.6) is 5.75 Å². The van der Waals surface area contributed by atoms with E-state index in [0.29, 0.717) is 23.8 Å². The average molecular weight is 290 g/mol. The standard InChI is InChI=1S/C17H26N2O2/c1-15(2)14-19(10-12-20-3)9-6-11-21-17-8-5-4-7-16(17)13-18/h4-5,7-8,15H,6,9-12,14H2,1-3H3. The van der Waals surface area contributed by atoms with Gasteiger partial charge in [-0.15, -0.1) is 0 Å². The molecule has 4 heteroatoms. The van der Waals surface area contributed by atoms with Gasteiger partial charge in [0, 0.05) is 26.7 Å². The molecule has 0 N–H and O–H groups in total. The molecular weight excluding hydrogens is 264 g/mol. The lowest BCUT2D eigenvalue weighted by Crippen LogP contribution is -2.32. The molecule has 0 saturated heterocycles. The molecular formula is C17H26N2O2. The van der Waals surface area contributed by atoms with Crippen molar-refractivity contribution < 1.29 is 9.47 Å². The second-order valence-electron chi connectivity index (χ2n) is 5.50. The third-order valence-electron chi connectivity index (χ3n) is 3.12. The maximum absolute atomic E-state index is 9.01. The van der Waals surface area contributed by atoms with Crippen molar-refractivity contribution in [1.82, 2.24) is 4.90 Å². The Morgan fingerprint density at radius 1 is 1.19 bits per heavy atom. The fraction of sp³-hybridized carbons (Fsp3) is 0.588.